The third-order valence-corrected chi connectivity index (χ3v) is 2.79. The molecule has 22 heavy (non-hydrogen) atoms. The number of hydrogen-bond donors (Lipinski definition) is 1. The zero-order valence-corrected chi connectivity index (χ0v) is 12.4. The first kappa shape index (κ1) is 15.5. The fourth-order valence-corrected chi connectivity index (χ4v) is 1.77. The van der Waals surface area contributed by atoms with E-state index in [9.17, 15) is 4.79 Å². The number of carbonyl (C=O) groups excluding carboxylic acids is 1. The number of nitrogens with one attached hydrogen (secondary N) is 1. The van der Waals surface area contributed by atoms with Crippen molar-refractivity contribution < 1.29 is 14.3 Å². The van der Waals surface area contributed by atoms with Crippen molar-refractivity contribution in [2.24, 2.45) is 5.10 Å². The maximum Gasteiger partial charge on any atom is 0.272 e. The largest absolute Gasteiger partial charge is 0.493 e. The van der Waals surface area contributed by atoms with Crippen LogP contribution in [0.4, 0.5) is 0 Å². The average Bonchev–Trinajstić information content (AvgIpc) is 2.56. The van der Waals surface area contributed by atoms with Crippen molar-refractivity contribution in [2.75, 3.05) is 13.7 Å². The van der Waals surface area contributed by atoms with Crippen LogP contribution in [0, 0.1) is 0 Å². The maximum absolute atomic E-state index is 11.8. The van der Waals surface area contributed by atoms with Crippen LogP contribution in [0.5, 0.6) is 11.5 Å². The van der Waals surface area contributed by atoms with E-state index in [1.807, 2.05) is 13.0 Å². The van der Waals surface area contributed by atoms with Crippen molar-refractivity contribution in [1.82, 2.24) is 10.4 Å². The number of rotatable bonds is 6. The molecule has 0 atom stereocenters. The first-order valence-corrected chi connectivity index (χ1v) is 6.79. The zero-order chi connectivity index (χ0) is 15.8. The highest BCUT2D eigenvalue weighted by Crippen LogP contribution is 2.27. The van der Waals surface area contributed by atoms with Crippen LogP contribution >= 0.6 is 0 Å². The molecule has 1 heterocycles. The molecule has 1 aromatic heterocycles. The minimum Gasteiger partial charge on any atom is -0.493 e. The number of methoxy groups -OCH3 is 1. The number of aromatic nitrogens is 1. The Morgan fingerprint density at radius 1 is 1.36 bits per heavy atom. The lowest BCUT2D eigenvalue weighted by molar-refractivity contribution is 0.0955. The van der Waals surface area contributed by atoms with Crippen LogP contribution in [0.2, 0.25) is 0 Å². The predicted molar refractivity (Wildman–Crippen MR) is 83.5 cm³/mol. The summed E-state index contributed by atoms with van der Waals surface area (Å²) in [6, 6.07) is 8.76. The smallest absolute Gasteiger partial charge is 0.272 e. The highest BCUT2D eigenvalue weighted by atomic mass is 16.5. The number of pyridine rings is 1. The number of benzene rings is 1. The molecule has 6 nitrogen and oxygen atoms in total. The molecule has 1 amide bonds. The van der Waals surface area contributed by atoms with E-state index in [0.29, 0.717) is 23.7 Å². The van der Waals surface area contributed by atoms with Gasteiger partial charge in [0.2, 0.25) is 0 Å². The Hall–Kier alpha value is -2.89. The summed E-state index contributed by atoms with van der Waals surface area (Å²) < 4.78 is 10.7. The summed E-state index contributed by atoms with van der Waals surface area (Å²) in [5.74, 6) is 0.967. The fraction of sp³-hybridized carbons (Fsp3) is 0.188. The first-order valence-electron chi connectivity index (χ1n) is 6.79. The molecule has 0 fully saturated rings. The maximum atomic E-state index is 11.8. The quantitative estimate of drug-likeness (QED) is 0.656. The van der Waals surface area contributed by atoms with Crippen LogP contribution in [0.25, 0.3) is 0 Å². The summed E-state index contributed by atoms with van der Waals surface area (Å²) in [4.78, 5) is 15.7. The monoisotopic (exact) mass is 299 g/mol. The average molecular weight is 299 g/mol. The Morgan fingerprint density at radius 2 is 2.23 bits per heavy atom. The van der Waals surface area contributed by atoms with E-state index in [2.05, 4.69) is 15.5 Å². The summed E-state index contributed by atoms with van der Waals surface area (Å²) in [7, 11) is 1.58. The summed E-state index contributed by atoms with van der Waals surface area (Å²) in [6.07, 6.45) is 4.62. The van der Waals surface area contributed by atoms with Crippen LogP contribution in [0.1, 0.15) is 22.8 Å². The van der Waals surface area contributed by atoms with Crippen LogP contribution in [-0.4, -0.2) is 30.8 Å². The van der Waals surface area contributed by atoms with Crippen molar-refractivity contribution in [3.8, 4) is 11.5 Å². The number of nitrogens with zero attached hydrogens (tertiary/aromatic N) is 2. The van der Waals surface area contributed by atoms with Gasteiger partial charge in [-0.05, 0) is 42.8 Å². The van der Waals surface area contributed by atoms with Gasteiger partial charge in [-0.25, -0.2) is 5.43 Å². The molecule has 0 saturated carbocycles. The molecule has 0 radical (unpaired) electrons. The number of hydrazone groups is 1. The molecule has 0 saturated heterocycles. The molecule has 2 aromatic rings. The van der Waals surface area contributed by atoms with Gasteiger partial charge in [-0.2, -0.15) is 5.10 Å². The second-order valence-corrected chi connectivity index (χ2v) is 4.28. The molecular formula is C16H17N3O3. The Labute approximate surface area is 128 Å². The molecule has 0 bridgehead atoms. The van der Waals surface area contributed by atoms with Gasteiger partial charge < -0.3 is 9.47 Å². The van der Waals surface area contributed by atoms with Gasteiger partial charge in [0.15, 0.2) is 11.5 Å². The summed E-state index contributed by atoms with van der Waals surface area (Å²) in [5, 5.41) is 3.93. The minimum atomic E-state index is -0.317. The first-order chi connectivity index (χ1) is 10.7. The molecule has 0 unspecified atom stereocenters. The molecule has 114 valence electrons. The standard InChI is InChI=1S/C16H17N3O3/c1-3-22-15-9-12(6-7-14(15)21-2)10-18-19-16(20)13-5-4-8-17-11-13/h4-11H,3H2,1-2H3,(H,19,20)/b18-10-. The van der Waals surface area contributed by atoms with E-state index in [4.69, 9.17) is 9.47 Å². The van der Waals surface area contributed by atoms with Gasteiger partial charge in [-0.1, -0.05) is 0 Å². The number of carbonyl (C=O) groups is 1. The lowest BCUT2D eigenvalue weighted by atomic mass is 10.2. The normalized spacial score (nSPS) is 10.5. The van der Waals surface area contributed by atoms with Gasteiger partial charge in [0.05, 0.1) is 25.5 Å². The Bertz CT molecular complexity index is 657. The number of hydrogen-bond acceptors (Lipinski definition) is 5. The lowest BCUT2D eigenvalue weighted by Gasteiger charge is -2.09. The Balaban J connectivity index is 2.04. The third-order valence-electron chi connectivity index (χ3n) is 2.79. The van der Waals surface area contributed by atoms with Gasteiger partial charge in [0, 0.05) is 12.4 Å². The molecule has 1 N–H and O–H groups in total. The molecular weight excluding hydrogens is 282 g/mol. The van der Waals surface area contributed by atoms with E-state index >= 15 is 0 Å². The summed E-state index contributed by atoms with van der Waals surface area (Å²) >= 11 is 0. The second kappa shape index (κ2) is 7.78. The lowest BCUT2D eigenvalue weighted by Crippen LogP contribution is -2.17. The minimum absolute atomic E-state index is 0.317. The summed E-state index contributed by atoms with van der Waals surface area (Å²) in [6.45, 7) is 2.43. The molecule has 6 heteroatoms. The van der Waals surface area contributed by atoms with Crippen molar-refractivity contribution in [2.45, 2.75) is 6.92 Å². The van der Waals surface area contributed by atoms with Crippen LogP contribution in [-0.2, 0) is 0 Å². The Kier molecular flexibility index (Phi) is 5.48. The van der Waals surface area contributed by atoms with Crippen molar-refractivity contribution in [3.63, 3.8) is 0 Å². The highest BCUT2D eigenvalue weighted by molar-refractivity contribution is 5.94. The van der Waals surface area contributed by atoms with Crippen LogP contribution in [0.3, 0.4) is 0 Å². The van der Waals surface area contributed by atoms with E-state index in [0.717, 1.165) is 5.56 Å². The highest BCUT2D eigenvalue weighted by Gasteiger charge is 2.05. The van der Waals surface area contributed by atoms with Gasteiger partial charge in [0.25, 0.3) is 5.91 Å². The molecule has 1 aromatic carbocycles. The molecule has 0 aliphatic heterocycles. The van der Waals surface area contributed by atoms with Crippen LogP contribution < -0.4 is 14.9 Å². The van der Waals surface area contributed by atoms with Crippen molar-refractivity contribution >= 4 is 12.1 Å². The van der Waals surface area contributed by atoms with Crippen molar-refractivity contribution in [3.05, 3.63) is 53.9 Å². The SMILES string of the molecule is CCOc1cc(/C=N\NC(=O)c2cccnc2)ccc1OC. The third kappa shape index (κ3) is 4.05. The fourth-order valence-electron chi connectivity index (χ4n) is 1.77. The van der Waals surface area contributed by atoms with Gasteiger partial charge in [0.1, 0.15) is 0 Å². The van der Waals surface area contributed by atoms with E-state index in [1.165, 1.54) is 12.4 Å². The second-order valence-electron chi connectivity index (χ2n) is 4.28. The van der Waals surface area contributed by atoms with Gasteiger partial charge in [-0.15, -0.1) is 0 Å². The Morgan fingerprint density at radius 3 is 2.91 bits per heavy atom. The van der Waals surface area contributed by atoms with E-state index in [1.54, 1.807) is 37.6 Å². The summed E-state index contributed by atoms with van der Waals surface area (Å²) in [5.41, 5.74) is 3.68. The molecule has 0 spiro atoms. The molecule has 2 rings (SSSR count). The van der Waals surface area contributed by atoms with Gasteiger partial charge in [-0.3, -0.25) is 9.78 Å². The topological polar surface area (TPSA) is 72.8 Å². The van der Waals surface area contributed by atoms with E-state index < -0.39 is 0 Å². The molecule has 0 aliphatic rings. The predicted octanol–water partition coefficient (Wildman–Crippen LogP) is 2.25. The number of amides is 1. The van der Waals surface area contributed by atoms with E-state index in [-0.39, 0.29) is 5.91 Å². The van der Waals surface area contributed by atoms with Gasteiger partial charge >= 0.3 is 0 Å². The van der Waals surface area contributed by atoms with Crippen LogP contribution in [0.15, 0.2) is 47.8 Å². The van der Waals surface area contributed by atoms with Crippen molar-refractivity contribution in [1.29, 1.82) is 0 Å². The molecule has 0 aliphatic carbocycles. The zero-order valence-electron chi connectivity index (χ0n) is 12.4. The number of ether oxygens (including phenoxy) is 2.